The molecule has 0 aliphatic heterocycles. The molecule has 0 aromatic carbocycles. The number of hydrogen-bond donors (Lipinski definition) is 0. The highest BCUT2D eigenvalue weighted by molar-refractivity contribution is 5.75. The van der Waals surface area contributed by atoms with Crippen LogP contribution in [0.1, 0.15) is 59.8 Å². The molecule has 14 heavy (non-hydrogen) atoms. The Kier molecular flexibility index (Phi) is 3.52. The van der Waals surface area contributed by atoms with Crippen molar-refractivity contribution in [2.75, 3.05) is 0 Å². The van der Waals surface area contributed by atoms with E-state index in [0.29, 0.717) is 11.2 Å². The first-order chi connectivity index (χ1) is 6.43. The van der Waals surface area contributed by atoms with Crippen molar-refractivity contribution in [1.82, 2.24) is 0 Å². The summed E-state index contributed by atoms with van der Waals surface area (Å²) in [5, 5.41) is 0. The molecule has 0 aromatic heterocycles. The highest BCUT2D eigenvalue weighted by Crippen LogP contribution is 2.42. The molecule has 0 aromatic rings. The summed E-state index contributed by atoms with van der Waals surface area (Å²) in [5.41, 5.74) is 3.40. The second-order valence-corrected chi connectivity index (χ2v) is 5.20. The maximum absolute atomic E-state index is 11.0. The van der Waals surface area contributed by atoms with Gasteiger partial charge in [-0.2, -0.15) is 0 Å². The van der Waals surface area contributed by atoms with Crippen LogP contribution >= 0.6 is 0 Å². The quantitative estimate of drug-likeness (QED) is 0.623. The van der Waals surface area contributed by atoms with E-state index in [9.17, 15) is 4.79 Å². The van der Waals surface area contributed by atoms with E-state index in [1.165, 1.54) is 24.8 Å². The molecule has 1 aliphatic rings. The lowest BCUT2D eigenvalue weighted by Gasteiger charge is -2.34. The van der Waals surface area contributed by atoms with Crippen LogP contribution in [0.5, 0.6) is 0 Å². The van der Waals surface area contributed by atoms with Gasteiger partial charge in [-0.3, -0.25) is 0 Å². The lowest BCUT2D eigenvalue weighted by atomic mass is 9.71. The minimum atomic E-state index is 0.312. The molecule has 1 rings (SSSR count). The Hall–Kier alpha value is -0.590. The summed E-state index contributed by atoms with van der Waals surface area (Å²) < 4.78 is 0. The van der Waals surface area contributed by atoms with E-state index in [1.807, 2.05) is 0 Å². The lowest BCUT2D eigenvalue weighted by molar-refractivity contribution is -0.117. The van der Waals surface area contributed by atoms with Gasteiger partial charge < -0.3 is 4.79 Å². The molecule has 80 valence electrons. The normalized spacial score (nSPS) is 21.1. The number of carbonyl (C=O) groups is 1. The maximum atomic E-state index is 11.0. The van der Waals surface area contributed by atoms with Gasteiger partial charge in [0.05, 0.1) is 0 Å². The summed E-state index contributed by atoms with van der Waals surface area (Å²) in [7, 11) is 0. The molecule has 0 atom stereocenters. The van der Waals surface area contributed by atoms with Crippen molar-refractivity contribution in [2.24, 2.45) is 5.41 Å². The Labute approximate surface area is 87.6 Å². The van der Waals surface area contributed by atoms with E-state index >= 15 is 0 Å². The van der Waals surface area contributed by atoms with E-state index < -0.39 is 0 Å². The summed E-state index contributed by atoms with van der Waals surface area (Å²) in [6, 6.07) is 0. The zero-order valence-electron chi connectivity index (χ0n) is 9.94. The van der Waals surface area contributed by atoms with Crippen LogP contribution in [-0.2, 0) is 4.79 Å². The molecule has 0 heterocycles. The van der Waals surface area contributed by atoms with Crippen molar-refractivity contribution < 1.29 is 4.79 Å². The largest absolute Gasteiger partial charge is 0.300 e. The van der Waals surface area contributed by atoms with Gasteiger partial charge in [0, 0.05) is 6.42 Å². The van der Waals surface area contributed by atoms with Crippen LogP contribution in [0.3, 0.4) is 0 Å². The Morgan fingerprint density at radius 2 is 2.07 bits per heavy atom. The molecule has 0 amide bonds. The van der Waals surface area contributed by atoms with Gasteiger partial charge in [-0.15, -0.1) is 0 Å². The van der Waals surface area contributed by atoms with Crippen molar-refractivity contribution in [3.05, 3.63) is 11.1 Å². The fourth-order valence-electron chi connectivity index (χ4n) is 2.53. The highest BCUT2D eigenvalue weighted by atomic mass is 16.1. The van der Waals surface area contributed by atoms with Crippen LogP contribution in [0.2, 0.25) is 0 Å². The molecule has 1 aliphatic carbocycles. The van der Waals surface area contributed by atoms with Crippen LogP contribution < -0.4 is 0 Å². The monoisotopic (exact) mass is 194 g/mol. The zero-order chi connectivity index (χ0) is 10.8. The van der Waals surface area contributed by atoms with Gasteiger partial charge in [-0.1, -0.05) is 25.0 Å². The van der Waals surface area contributed by atoms with E-state index in [0.717, 1.165) is 12.8 Å². The van der Waals surface area contributed by atoms with Crippen LogP contribution in [0.15, 0.2) is 11.1 Å². The van der Waals surface area contributed by atoms with Gasteiger partial charge in [0.15, 0.2) is 0 Å². The number of hydrogen-bond acceptors (Lipinski definition) is 1. The number of ketones is 1. The average Bonchev–Trinajstić information content (AvgIpc) is 2.01. The van der Waals surface area contributed by atoms with E-state index in [2.05, 4.69) is 20.8 Å². The van der Waals surface area contributed by atoms with Crippen LogP contribution in [-0.4, -0.2) is 5.78 Å². The minimum Gasteiger partial charge on any atom is -0.300 e. The first-order valence-corrected chi connectivity index (χ1v) is 5.62. The Morgan fingerprint density at radius 3 is 2.57 bits per heavy atom. The molecule has 0 fully saturated rings. The highest BCUT2D eigenvalue weighted by Gasteiger charge is 2.27. The van der Waals surface area contributed by atoms with Crippen LogP contribution in [0.25, 0.3) is 0 Å². The third-order valence-corrected chi connectivity index (χ3v) is 3.41. The maximum Gasteiger partial charge on any atom is 0.130 e. The summed E-state index contributed by atoms with van der Waals surface area (Å²) >= 11 is 0. The Bertz CT molecular complexity index is 258. The molecule has 0 unspecified atom stereocenters. The number of carbonyl (C=O) groups excluding carboxylic acids is 1. The fourth-order valence-corrected chi connectivity index (χ4v) is 2.53. The SMILES string of the molecule is CC(=O)CCC1=C(C)CCCC1(C)C. The Morgan fingerprint density at radius 1 is 1.43 bits per heavy atom. The lowest BCUT2D eigenvalue weighted by Crippen LogP contribution is -2.20. The third-order valence-electron chi connectivity index (χ3n) is 3.41. The summed E-state index contributed by atoms with van der Waals surface area (Å²) in [5.74, 6) is 0.312. The van der Waals surface area contributed by atoms with Gasteiger partial charge in [0.25, 0.3) is 0 Å². The summed E-state index contributed by atoms with van der Waals surface area (Å²) in [6.45, 7) is 8.54. The molecule has 0 saturated carbocycles. The molecular formula is C13H22O. The third kappa shape index (κ3) is 2.70. The molecule has 0 radical (unpaired) electrons. The van der Waals surface area contributed by atoms with Crippen molar-refractivity contribution in [3.8, 4) is 0 Å². The number of Topliss-reactive ketones (excluding diaryl/α,β-unsaturated/α-hetero) is 1. The fraction of sp³-hybridized carbons (Fsp3) is 0.769. The second-order valence-electron chi connectivity index (χ2n) is 5.20. The smallest absolute Gasteiger partial charge is 0.130 e. The van der Waals surface area contributed by atoms with Crippen LogP contribution in [0, 0.1) is 5.41 Å². The van der Waals surface area contributed by atoms with E-state index in [1.54, 1.807) is 12.5 Å². The van der Waals surface area contributed by atoms with Crippen LogP contribution in [0.4, 0.5) is 0 Å². The summed E-state index contributed by atoms with van der Waals surface area (Å²) in [4.78, 5) is 11.0. The average molecular weight is 194 g/mol. The predicted molar refractivity (Wildman–Crippen MR) is 60.2 cm³/mol. The van der Waals surface area contributed by atoms with E-state index in [-0.39, 0.29) is 0 Å². The molecule has 1 nitrogen and oxygen atoms in total. The summed E-state index contributed by atoms with van der Waals surface area (Å²) in [6.07, 6.45) is 5.51. The van der Waals surface area contributed by atoms with Gasteiger partial charge in [0.2, 0.25) is 0 Å². The molecule has 0 N–H and O–H groups in total. The standard InChI is InChI=1S/C13H22O/c1-10-6-5-9-13(3,4)12(10)8-7-11(2)14/h5-9H2,1-4H3. The minimum absolute atomic E-state index is 0.312. The van der Waals surface area contributed by atoms with Crippen molar-refractivity contribution in [2.45, 2.75) is 59.8 Å². The number of allylic oxidation sites excluding steroid dienone is 2. The second kappa shape index (κ2) is 4.29. The zero-order valence-corrected chi connectivity index (χ0v) is 9.94. The first-order valence-electron chi connectivity index (χ1n) is 5.62. The van der Waals surface area contributed by atoms with Gasteiger partial charge in [-0.25, -0.2) is 0 Å². The molecule has 0 saturated heterocycles. The molecule has 1 heteroatoms. The topological polar surface area (TPSA) is 17.1 Å². The molecular weight excluding hydrogens is 172 g/mol. The first kappa shape index (κ1) is 11.5. The molecule has 0 bridgehead atoms. The van der Waals surface area contributed by atoms with Gasteiger partial charge >= 0.3 is 0 Å². The molecule has 0 spiro atoms. The number of rotatable bonds is 3. The predicted octanol–water partition coefficient (Wildman–Crippen LogP) is 3.88. The van der Waals surface area contributed by atoms with Crippen molar-refractivity contribution in [3.63, 3.8) is 0 Å². The van der Waals surface area contributed by atoms with Gasteiger partial charge in [-0.05, 0) is 44.9 Å². The van der Waals surface area contributed by atoms with Crippen molar-refractivity contribution >= 4 is 5.78 Å². The van der Waals surface area contributed by atoms with E-state index in [4.69, 9.17) is 0 Å². The van der Waals surface area contributed by atoms with Gasteiger partial charge in [0.1, 0.15) is 5.78 Å². The Balaban J connectivity index is 2.75. The van der Waals surface area contributed by atoms with Crippen molar-refractivity contribution in [1.29, 1.82) is 0 Å².